The molecule has 0 N–H and O–H groups in total. The average molecular weight is 296 g/mol. The highest BCUT2D eigenvalue weighted by atomic mass is 35.5. The van der Waals surface area contributed by atoms with Crippen molar-refractivity contribution >= 4 is 23.2 Å². The Labute approximate surface area is 123 Å². The van der Waals surface area contributed by atoms with Gasteiger partial charge >= 0.3 is 0 Å². The van der Waals surface area contributed by atoms with Crippen LogP contribution in [0.3, 0.4) is 0 Å². The van der Waals surface area contributed by atoms with Crippen molar-refractivity contribution < 1.29 is 4.74 Å². The number of alkyl halides is 1. The van der Waals surface area contributed by atoms with Crippen LogP contribution in [0, 0.1) is 6.92 Å². The van der Waals surface area contributed by atoms with Gasteiger partial charge in [0.05, 0.1) is 0 Å². The number of halogens is 2. The molecule has 0 unspecified atom stereocenters. The number of benzene rings is 1. The number of aryl methyl sites for hydroxylation is 2. The lowest BCUT2D eigenvalue weighted by molar-refractivity contribution is 0.460. The molecule has 0 saturated heterocycles. The van der Waals surface area contributed by atoms with Gasteiger partial charge in [-0.2, -0.15) is 0 Å². The quantitative estimate of drug-likeness (QED) is 0.729. The Bertz CT molecular complexity index is 562. The first kappa shape index (κ1) is 14.2. The Balaban J connectivity index is 2.29. The van der Waals surface area contributed by atoms with E-state index in [-0.39, 0.29) is 0 Å². The van der Waals surface area contributed by atoms with E-state index in [9.17, 15) is 0 Å². The standard InChI is InChI=1S/C15H15Cl2NO/c1-3-12-7-11(9-16)8-15(18-12)19-13-4-5-14(17)10(2)6-13/h4-8H,3,9H2,1-2H3. The minimum atomic E-state index is 0.450. The van der Waals surface area contributed by atoms with E-state index < -0.39 is 0 Å². The molecule has 0 fully saturated rings. The number of ether oxygens (including phenoxy) is 1. The van der Waals surface area contributed by atoms with Crippen molar-refractivity contribution in [2.45, 2.75) is 26.1 Å². The molecule has 0 amide bonds. The van der Waals surface area contributed by atoms with Crippen molar-refractivity contribution in [1.82, 2.24) is 4.98 Å². The maximum atomic E-state index is 5.99. The van der Waals surface area contributed by atoms with Gasteiger partial charge < -0.3 is 4.74 Å². The molecule has 0 aliphatic rings. The van der Waals surface area contributed by atoms with Gasteiger partial charge in [0.25, 0.3) is 0 Å². The fraction of sp³-hybridized carbons (Fsp3) is 0.267. The molecule has 0 aliphatic carbocycles. The van der Waals surface area contributed by atoms with Crippen LogP contribution >= 0.6 is 23.2 Å². The summed E-state index contributed by atoms with van der Waals surface area (Å²) in [5, 5.41) is 0.726. The van der Waals surface area contributed by atoms with E-state index in [1.165, 1.54) is 0 Å². The van der Waals surface area contributed by atoms with E-state index >= 15 is 0 Å². The van der Waals surface area contributed by atoms with Gasteiger partial charge in [-0.05, 0) is 48.7 Å². The number of rotatable bonds is 4. The summed E-state index contributed by atoms with van der Waals surface area (Å²) >= 11 is 11.9. The topological polar surface area (TPSA) is 22.1 Å². The van der Waals surface area contributed by atoms with Gasteiger partial charge in [0.2, 0.25) is 5.88 Å². The molecule has 0 aliphatic heterocycles. The molecular formula is C15H15Cl2NO. The van der Waals surface area contributed by atoms with E-state index in [0.29, 0.717) is 11.8 Å². The molecule has 1 aromatic heterocycles. The van der Waals surface area contributed by atoms with Crippen LogP contribution in [0.5, 0.6) is 11.6 Å². The van der Waals surface area contributed by atoms with Crippen LogP contribution in [0.2, 0.25) is 5.02 Å². The number of pyridine rings is 1. The summed E-state index contributed by atoms with van der Waals surface area (Å²) in [7, 11) is 0. The van der Waals surface area contributed by atoms with Crippen LogP contribution in [0.4, 0.5) is 0 Å². The van der Waals surface area contributed by atoms with Crippen LogP contribution in [-0.4, -0.2) is 4.98 Å². The molecule has 1 heterocycles. The van der Waals surface area contributed by atoms with Gasteiger partial charge in [-0.25, -0.2) is 4.98 Å². The zero-order chi connectivity index (χ0) is 13.8. The van der Waals surface area contributed by atoms with E-state index in [1.807, 2.05) is 37.3 Å². The molecule has 2 aromatic rings. The molecule has 0 saturated carbocycles. The molecule has 100 valence electrons. The molecule has 2 rings (SSSR count). The first-order valence-electron chi connectivity index (χ1n) is 6.12. The van der Waals surface area contributed by atoms with Gasteiger partial charge in [-0.3, -0.25) is 0 Å². The normalized spacial score (nSPS) is 10.5. The fourth-order valence-electron chi connectivity index (χ4n) is 1.73. The highest BCUT2D eigenvalue weighted by Crippen LogP contribution is 2.26. The summed E-state index contributed by atoms with van der Waals surface area (Å²) in [6.45, 7) is 3.99. The Kier molecular flexibility index (Phi) is 4.67. The zero-order valence-electron chi connectivity index (χ0n) is 10.9. The van der Waals surface area contributed by atoms with E-state index in [0.717, 1.165) is 34.0 Å². The summed E-state index contributed by atoms with van der Waals surface area (Å²) in [6, 6.07) is 9.39. The maximum absolute atomic E-state index is 5.99. The van der Waals surface area contributed by atoms with E-state index in [1.54, 1.807) is 0 Å². The molecule has 2 nitrogen and oxygen atoms in total. The third-order valence-electron chi connectivity index (χ3n) is 2.78. The minimum absolute atomic E-state index is 0.450. The van der Waals surface area contributed by atoms with Crippen LogP contribution in [0.25, 0.3) is 0 Å². The largest absolute Gasteiger partial charge is 0.439 e. The van der Waals surface area contributed by atoms with Crippen molar-refractivity contribution in [3.63, 3.8) is 0 Å². The Hall–Kier alpha value is -1.25. The number of aromatic nitrogens is 1. The molecule has 0 bridgehead atoms. The summed E-state index contributed by atoms with van der Waals surface area (Å²) in [6.07, 6.45) is 0.848. The summed E-state index contributed by atoms with van der Waals surface area (Å²) < 4.78 is 5.77. The summed E-state index contributed by atoms with van der Waals surface area (Å²) in [5.41, 5.74) is 2.96. The van der Waals surface area contributed by atoms with Crippen molar-refractivity contribution in [1.29, 1.82) is 0 Å². The second kappa shape index (κ2) is 6.27. The molecule has 19 heavy (non-hydrogen) atoms. The molecule has 0 spiro atoms. The lowest BCUT2D eigenvalue weighted by Gasteiger charge is -2.09. The Morgan fingerprint density at radius 2 is 2.00 bits per heavy atom. The van der Waals surface area contributed by atoms with Crippen LogP contribution in [0.15, 0.2) is 30.3 Å². The van der Waals surface area contributed by atoms with Gasteiger partial charge in [-0.1, -0.05) is 18.5 Å². The maximum Gasteiger partial charge on any atom is 0.219 e. The minimum Gasteiger partial charge on any atom is -0.439 e. The first-order chi connectivity index (χ1) is 9.12. The second-order valence-electron chi connectivity index (χ2n) is 4.31. The Morgan fingerprint density at radius 3 is 2.63 bits per heavy atom. The van der Waals surface area contributed by atoms with E-state index in [2.05, 4.69) is 11.9 Å². The van der Waals surface area contributed by atoms with Crippen molar-refractivity contribution in [3.05, 3.63) is 52.2 Å². The number of hydrogen-bond donors (Lipinski definition) is 0. The first-order valence-corrected chi connectivity index (χ1v) is 7.03. The highest BCUT2D eigenvalue weighted by molar-refractivity contribution is 6.31. The average Bonchev–Trinajstić information content (AvgIpc) is 2.42. The van der Waals surface area contributed by atoms with Crippen LogP contribution < -0.4 is 4.74 Å². The SMILES string of the molecule is CCc1cc(CCl)cc(Oc2ccc(Cl)c(C)c2)n1. The molecule has 4 heteroatoms. The van der Waals surface area contributed by atoms with Crippen molar-refractivity contribution in [3.8, 4) is 11.6 Å². The number of nitrogens with zero attached hydrogens (tertiary/aromatic N) is 1. The van der Waals surface area contributed by atoms with Crippen molar-refractivity contribution in [2.24, 2.45) is 0 Å². The third kappa shape index (κ3) is 3.62. The molecule has 1 aromatic carbocycles. The lowest BCUT2D eigenvalue weighted by atomic mass is 10.2. The summed E-state index contributed by atoms with van der Waals surface area (Å²) in [4.78, 5) is 4.43. The zero-order valence-corrected chi connectivity index (χ0v) is 12.4. The fourth-order valence-corrected chi connectivity index (χ4v) is 2.00. The Morgan fingerprint density at radius 1 is 1.21 bits per heavy atom. The third-order valence-corrected chi connectivity index (χ3v) is 3.52. The van der Waals surface area contributed by atoms with Gasteiger partial charge in [0, 0.05) is 22.7 Å². The van der Waals surface area contributed by atoms with Crippen LogP contribution in [0.1, 0.15) is 23.7 Å². The van der Waals surface area contributed by atoms with Gasteiger partial charge in [-0.15, -0.1) is 11.6 Å². The molecule has 0 atom stereocenters. The predicted octanol–water partition coefficient (Wildman–Crippen LogP) is 5.14. The van der Waals surface area contributed by atoms with Gasteiger partial charge in [0.15, 0.2) is 0 Å². The van der Waals surface area contributed by atoms with Crippen molar-refractivity contribution in [2.75, 3.05) is 0 Å². The predicted molar refractivity (Wildman–Crippen MR) is 79.4 cm³/mol. The number of hydrogen-bond acceptors (Lipinski definition) is 2. The second-order valence-corrected chi connectivity index (χ2v) is 4.98. The molecule has 0 radical (unpaired) electrons. The highest BCUT2D eigenvalue weighted by Gasteiger charge is 2.05. The van der Waals surface area contributed by atoms with Gasteiger partial charge in [0.1, 0.15) is 5.75 Å². The smallest absolute Gasteiger partial charge is 0.219 e. The monoisotopic (exact) mass is 295 g/mol. The molecular weight excluding hydrogens is 281 g/mol. The van der Waals surface area contributed by atoms with E-state index in [4.69, 9.17) is 27.9 Å². The van der Waals surface area contributed by atoms with Crippen LogP contribution in [-0.2, 0) is 12.3 Å². The lowest BCUT2D eigenvalue weighted by Crippen LogP contribution is -1.95. The summed E-state index contributed by atoms with van der Waals surface area (Å²) in [5.74, 6) is 1.74.